The Kier molecular flexibility index (Phi) is 5.24. The third kappa shape index (κ3) is 2.79. The third-order valence-electron chi connectivity index (χ3n) is 13.3. The number of rotatable bonds is 1. The number of carbonyl (C=O) groups is 1. The number of hydrogen-bond acceptors (Lipinski definition) is 3. The maximum Gasteiger partial charge on any atom is 0.159 e. The Labute approximate surface area is 201 Å². The van der Waals surface area contributed by atoms with Crippen LogP contribution in [-0.2, 0) is 4.79 Å². The number of allylic oxidation sites excluding steroid dienone is 2. The van der Waals surface area contributed by atoms with E-state index < -0.39 is 11.5 Å². The molecule has 3 nitrogen and oxygen atoms in total. The van der Waals surface area contributed by atoms with Crippen molar-refractivity contribution in [2.45, 2.75) is 106 Å². The monoisotopic (exact) mass is 456 g/mol. The summed E-state index contributed by atoms with van der Waals surface area (Å²) in [5.74, 6) is 2.37. The van der Waals surface area contributed by atoms with Gasteiger partial charge in [0.05, 0.1) is 12.7 Å². The highest BCUT2D eigenvalue weighted by atomic mass is 16.3. The molecule has 5 aliphatic rings. The fourth-order valence-corrected chi connectivity index (χ4v) is 10.7. The zero-order valence-electron chi connectivity index (χ0n) is 22.2. The minimum atomic E-state index is -0.516. The molecule has 2 N–H and O–H groups in total. The van der Waals surface area contributed by atoms with Gasteiger partial charge in [0, 0.05) is 11.3 Å². The molecule has 0 aliphatic heterocycles. The maximum atomic E-state index is 14.2. The summed E-state index contributed by atoms with van der Waals surface area (Å²) in [6.07, 6.45) is 10.3. The van der Waals surface area contributed by atoms with Gasteiger partial charge in [0.2, 0.25) is 0 Å². The molecule has 4 saturated carbocycles. The van der Waals surface area contributed by atoms with Crippen molar-refractivity contribution in [1.82, 2.24) is 0 Å². The van der Waals surface area contributed by atoms with Crippen LogP contribution in [0.1, 0.15) is 99.8 Å². The van der Waals surface area contributed by atoms with Gasteiger partial charge < -0.3 is 10.2 Å². The molecule has 5 aliphatic carbocycles. The molecule has 0 spiro atoms. The van der Waals surface area contributed by atoms with E-state index in [9.17, 15) is 15.0 Å². The summed E-state index contributed by atoms with van der Waals surface area (Å²) >= 11 is 0. The number of aliphatic hydroxyl groups excluding tert-OH is 2. The first-order chi connectivity index (χ1) is 15.3. The van der Waals surface area contributed by atoms with Gasteiger partial charge >= 0.3 is 0 Å². The average molecular weight is 457 g/mol. The molecule has 33 heavy (non-hydrogen) atoms. The van der Waals surface area contributed by atoms with Crippen LogP contribution in [0, 0.1) is 56.7 Å². The molecule has 0 bridgehead atoms. The van der Waals surface area contributed by atoms with E-state index in [1.807, 2.05) is 0 Å². The van der Waals surface area contributed by atoms with Gasteiger partial charge in [-0.1, -0.05) is 54.0 Å². The van der Waals surface area contributed by atoms with E-state index in [4.69, 9.17) is 0 Å². The molecule has 3 heteroatoms. The first kappa shape index (κ1) is 24.0. The van der Waals surface area contributed by atoms with Crippen molar-refractivity contribution in [3.8, 4) is 0 Å². The number of fused-ring (bicyclic) bond motifs is 7. The normalized spacial score (nSPS) is 58.5. The van der Waals surface area contributed by atoms with Crippen molar-refractivity contribution in [3.63, 3.8) is 0 Å². The maximum absolute atomic E-state index is 14.2. The van der Waals surface area contributed by atoms with Gasteiger partial charge in [0.25, 0.3) is 0 Å². The van der Waals surface area contributed by atoms with Gasteiger partial charge in [0.15, 0.2) is 5.78 Å². The minimum absolute atomic E-state index is 0.000235. The topological polar surface area (TPSA) is 57.5 Å². The second-order valence-electron chi connectivity index (χ2n) is 14.5. The lowest BCUT2D eigenvalue weighted by Gasteiger charge is -2.70. The smallest absolute Gasteiger partial charge is 0.159 e. The molecule has 0 unspecified atom stereocenters. The van der Waals surface area contributed by atoms with E-state index in [2.05, 4.69) is 54.5 Å². The molecule has 0 aromatic heterocycles. The molecule has 0 heterocycles. The Morgan fingerprint density at radius 1 is 0.939 bits per heavy atom. The first-order valence-corrected chi connectivity index (χ1v) is 13.8. The predicted octanol–water partition coefficient (Wildman–Crippen LogP) is 6.18. The number of hydrogen-bond donors (Lipinski definition) is 2. The van der Waals surface area contributed by atoms with Gasteiger partial charge in [0.1, 0.15) is 0 Å². The van der Waals surface area contributed by atoms with Gasteiger partial charge in [-0.15, -0.1) is 0 Å². The largest absolute Gasteiger partial charge is 0.396 e. The van der Waals surface area contributed by atoms with Crippen LogP contribution < -0.4 is 0 Å². The van der Waals surface area contributed by atoms with Crippen LogP contribution in [0.25, 0.3) is 0 Å². The van der Waals surface area contributed by atoms with Crippen molar-refractivity contribution in [3.05, 3.63) is 11.6 Å². The molecular weight excluding hydrogens is 408 g/mol. The fraction of sp³-hybridized carbons (Fsp3) is 0.900. The molecule has 0 amide bonds. The summed E-state index contributed by atoms with van der Waals surface area (Å²) in [4.78, 5) is 14.2. The fourth-order valence-electron chi connectivity index (χ4n) is 10.7. The van der Waals surface area contributed by atoms with E-state index in [-0.39, 0.29) is 34.7 Å². The van der Waals surface area contributed by atoms with E-state index in [0.29, 0.717) is 35.4 Å². The first-order valence-electron chi connectivity index (χ1n) is 13.8. The molecule has 5 rings (SSSR count). The van der Waals surface area contributed by atoms with Crippen LogP contribution in [0.3, 0.4) is 0 Å². The summed E-state index contributed by atoms with van der Waals surface area (Å²) < 4.78 is 0. The van der Waals surface area contributed by atoms with Crippen molar-refractivity contribution < 1.29 is 15.0 Å². The van der Waals surface area contributed by atoms with Crippen LogP contribution in [-0.4, -0.2) is 28.7 Å². The number of ketones is 1. The highest BCUT2D eigenvalue weighted by Gasteiger charge is 2.70. The molecule has 11 atom stereocenters. The molecule has 0 aromatic rings. The van der Waals surface area contributed by atoms with E-state index in [0.717, 1.165) is 19.3 Å². The lowest BCUT2D eigenvalue weighted by Crippen LogP contribution is -2.67. The molecular formula is C30H48O3. The van der Waals surface area contributed by atoms with Crippen molar-refractivity contribution >= 4 is 5.78 Å². The molecule has 0 saturated heterocycles. The zero-order valence-corrected chi connectivity index (χ0v) is 22.2. The van der Waals surface area contributed by atoms with E-state index in [1.54, 1.807) is 0 Å². The minimum Gasteiger partial charge on any atom is -0.396 e. The lowest BCUT2D eigenvalue weighted by molar-refractivity contribution is -0.213. The predicted molar refractivity (Wildman–Crippen MR) is 132 cm³/mol. The Balaban J connectivity index is 1.64. The number of carbonyl (C=O) groups excluding carboxylic acids is 1. The van der Waals surface area contributed by atoms with Crippen molar-refractivity contribution in [2.24, 2.45) is 56.7 Å². The Morgan fingerprint density at radius 2 is 1.64 bits per heavy atom. The van der Waals surface area contributed by atoms with E-state index >= 15 is 0 Å². The van der Waals surface area contributed by atoms with Crippen LogP contribution in [0.4, 0.5) is 0 Å². The Morgan fingerprint density at radius 3 is 2.30 bits per heavy atom. The van der Waals surface area contributed by atoms with E-state index in [1.165, 1.54) is 31.3 Å². The highest BCUT2D eigenvalue weighted by molar-refractivity contribution is 5.95. The van der Waals surface area contributed by atoms with Crippen LogP contribution >= 0.6 is 0 Å². The summed E-state index contributed by atoms with van der Waals surface area (Å²) in [6.45, 7) is 16.7. The van der Waals surface area contributed by atoms with Crippen molar-refractivity contribution in [1.29, 1.82) is 0 Å². The second kappa shape index (κ2) is 7.19. The SMILES string of the molecule is C[C@H]1[C@H](C)CC[C@]2(C)CC[C@]3(C)C(=CC(=O)[C@@H]4[C@@]5(C)CC[C@@H](O)[C@](C)(CO)[C@@H]5CC[C@]43C)[C@H]12. The third-order valence-corrected chi connectivity index (χ3v) is 13.3. The van der Waals surface area contributed by atoms with Gasteiger partial charge in [-0.05, 0) is 103 Å². The van der Waals surface area contributed by atoms with Gasteiger partial charge in [-0.2, -0.15) is 0 Å². The van der Waals surface area contributed by atoms with Crippen molar-refractivity contribution in [2.75, 3.05) is 6.61 Å². The summed E-state index contributed by atoms with van der Waals surface area (Å²) in [5, 5.41) is 21.3. The second-order valence-corrected chi connectivity index (χ2v) is 14.5. The summed E-state index contributed by atoms with van der Waals surface area (Å²) in [5.41, 5.74) is 1.13. The van der Waals surface area contributed by atoms with Crippen LogP contribution in [0.5, 0.6) is 0 Å². The molecule has 0 radical (unpaired) electrons. The zero-order chi connectivity index (χ0) is 24.2. The molecule has 0 aromatic carbocycles. The quantitative estimate of drug-likeness (QED) is 0.495. The Bertz CT molecular complexity index is 878. The number of aliphatic hydroxyl groups is 2. The highest BCUT2D eigenvalue weighted by Crippen LogP contribution is 2.75. The summed E-state index contributed by atoms with van der Waals surface area (Å²) in [6, 6.07) is 0. The lowest BCUT2D eigenvalue weighted by atomic mass is 9.33. The van der Waals surface area contributed by atoms with Gasteiger partial charge in [-0.25, -0.2) is 0 Å². The molecule has 4 fully saturated rings. The average Bonchev–Trinajstić information content (AvgIpc) is 2.75. The Hall–Kier alpha value is -0.670. The summed E-state index contributed by atoms with van der Waals surface area (Å²) in [7, 11) is 0. The van der Waals surface area contributed by atoms with Crippen LogP contribution in [0.2, 0.25) is 0 Å². The van der Waals surface area contributed by atoms with Crippen LogP contribution in [0.15, 0.2) is 11.6 Å². The molecule has 186 valence electrons. The standard InChI is InChI=1S/C30H48O3/c1-18-8-11-26(3)14-15-29(6)20(24(26)19(18)2)16-21(32)25-27(4)12-10-23(33)28(5,17-31)22(27)9-13-30(25,29)7/h16,18-19,22-25,31,33H,8-15,17H2,1-7H3/t18-,19+,22-,23-,24+,25-,26-,27+,28-,29-,30-/m1/s1. The van der Waals surface area contributed by atoms with Gasteiger partial charge in [-0.3, -0.25) is 4.79 Å².